The van der Waals surface area contributed by atoms with E-state index in [-0.39, 0.29) is 0 Å². The van der Waals surface area contributed by atoms with Gasteiger partial charge in [-0.05, 0) is 24.3 Å². The highest BCUT2D eigenvalue weighted by Crippen LogP contribution is 2.09. The molecule has 1 atom stereocenters. The summed E-state index contributed by atoms with van der Waals surface area (Å²) in [5.74, 6) is -1.25. The van der Waals surface area contributed by atoms with E-state index < -0.39 is 11.9 Å². The van der Waals surface area contributed by atoms with Gasteiger partial charge in [-0.25, -0.2) is 0 Å². The number of nitrogens with one attached hydrogen (secondary N) is 1. The predicted molar refractivity (Wildman–Crippen MR) is 56.4 cm³/mol. The van der Waals surface area contributed by atoms with Crippen LogP contribution >= 0.6 is 0 Å². The Morgan fingerprint density at radius 1 is 1.53 bits per heavy atom. The maximum Gasteiger partial charge on any atom is 0.308 e. The Balaban J connectivity index is 2.52. The third-order valence-corrected chi connectivity index (χ3v) is 2.05. The molecule has 0 spiro atoms. The zero-order chi connectivity index (χ0) is 11.3. The summed E-state index contributed by atoms with van der Waals surface area (Å²) in [6, 6.07) is 8.91. The Kier molecular flexibility index (Phi) is 3.69. The molecule has 78 valence electrons. The molecule has 0 aliphatic heterocycles. The van der Waals surface area contributed by atoms with E-state index in [0.29, 0.717) is 12.1 Å². The van der Waals surface area contributed by atoms with Gasteiger partial charge in [-0.1, -0.05) is 6.92 Å². The number of nitriles is 1. The number of carboxylic acids is 1. The van der Waals surface area contributed by atoms with Crippen LogP contribution in [-0.2, 0) is 4.79 Å². The molecule has 2 N–H and O–H groups in total. The minimum absolute atomic E-state index is 0.376. The van der Waals surface area contributed by atoms with Crippen molar-refractivity contribution in [3.63, 3.8) is 0 Å². The largest absolute Gasteiger partial charge is 0.481 e. The third kappa shape index (κ3) is 3.31. The molecule has 1 rings (SSSR count). The number of aliphatic carboxylic acids is 1. The van der Waals surface area contributed by atoms with Crippen LogP contribution in [0.15, 0.2) is 24.3 Å². The number of carbonyl (C=O) groups is 1. The van der Waals surface area contributed by atoms with E-state index in [1.165, 1.54) is 0 Å². The summed E-state index contributed by atoms with van der Waals surface area (Å²) < 4.78 is 0. The van der Waals surface area contributed by atoms with Crippen molar-refractivity contribution < 1.29 is 9.90 Å². The first-order valence-electron chi connectivity index (χ1n) is 4.60. The molecule has 0 fully saturated rings. The van der Waals surface area contributed by atoms with Crippen molar-refractivity contribution in [2.45, 2.75) is 6.92 Å². The van der Waals surface area contributed by atoms with Crippen LogP contribution in [-0.4, -0.2) is 17.6 Å². The molecule has 0 aliphatic rings. The summed E-state index contributed by atoms with van der Waals surface area (Å²) in [5.41, 5.74) is 1.41. The molecule has 0 saturated heterocycles. The van der Waals surface area contributed by atoms with E-state index in [1.807, 2.05) is 6.07 Å². The second kappa shape index (κ2) is 5.01. The first kappa shape index (κ1) is 11.1. The summed E-state index contributed by atoms with van der Waals surface area (Å²) in [6.07, 6.45) is 0. The number of benzene rings is 1. The first-order chi connectivity index (χ1) is 7.13. The minimum atomic E-state index is -0.823. The van der Waals surface area contributed by atoms with Gasteiger partial charge in [0, 0.05) is 12.2 Å². The molecule has 0 heterocycles. The fraction of sp³-hybridized carbons (Fsp3) is 0.273. The summed E-state index contributed by atoms with van der Waals surface area (Å²) in [4.78, 5) is 10.5. The van der Waals surface area contributed by atoms with Crippen molar-refractivity contribution in [1.29, 1.82) is 5.26 Å². The standard InChI is InChI=1S/C11H12N2O2/c1-8(11(14)15)7-13-10-4-2-9(6-12)3-5-10/h2-5,8,13H,7H2,1H3,(H,14,15). The fourth-order valence-electron chi connectivity index (χ4n) is 1.02. The molecule has 0 radical (unpaired) electrons. The normalized spacial score (nSPS) is 11.5. The number of hydrogen-bond acceptors (Lipinski definition) is 3. The van der Waals surface area contributed by atoms with E-state index in [0.717, 1.165) is 5.69 Å². The fourth-order valence-corrected chi connectivity index (χ4v) is 1.02. The summed E-state index contributed by atoms with van der Waals surface area (Å²) in [6.45, 7) is 2.01. The van der Waals surface area contributed by atoms with E-state index >= 15 is 0 Å². The Morgan fingerprint density at radius 2 is 2.13 bits per heavy atom. The van der Waals surface area contributed by atoms with Gasteiger partial charge in [-0.3, -0.25) is 4.79 Å². The van der Waals surface area contributed by atoms with Gasteiger partial charge < -0.3 is 10.4 Å². The van der Waals surface area contributed by atoms with Crippen LogP contribution in [0.1, 0.15) is 12.5 Å². The molecule has 0 saturated carbocycles. The van der Waals surface area contributed by atoms with E-state index in [4.69, 9.17) is 10.4 Å². The van der Waals surface area contributed by atoms with Crippen LogP contribution in [0.2, 0.25) is 0 Å². The van der Waals surface area contributed by atoms with Gasteiger partial charge >= 0.3 is 5.97 Å². The molecule has 0 aromatic heterocycles. The zero-order valence-corrected chi connectivity index (χ0v) is 8.40. The average Bonchev–Trinajstić information content (AvgIpc) is 2.26. The number of rotatable bonds is 4. The molecule has 15 heavy (non-hydrogen) atoms. The van der Waals surface area contributed by atoms with Gasteiger partial charge in [0.1, 0.15) is 0 Å². The Hall–Kier alpha value is -2.02. The quantitative estimate of drug-likeness (QED) is 0.782. The molecule has 4 heteroatoms. The van der Waals surface area contributed by atoms with Gasteiger partial charge in [0.05, 0.1) is 17.6 Å². The summed E-state index contributed by atoms with van der Waals surface area (Å²) >= 11 is 0. The van der Waals surface area contributed by atoms with Crippen molar-refractivity contribution in [2.24, 2.45) is 5.92 Å². The van der Waals surface area contributed by atoms with Crippen LogP contribution in [0.5, 0.6) is 0 Å². The Morgan fingerprint density at radius 3 is 2.60 bits per heavy atom. The van der Waals surface area contributed by atoms with Crippen LogP contribution in [0, 0.1) is 17.2 Å². The van der Waals surface area contributed by atoms with Crippen molar-refractivity contribution in [3.05, 3.63) is 29.8 Å². The van der Waals surface area contributed by atoms with Gasteiger partial charge in [0.15, 0.2) is 0 Å². The summed E-state index contributed by atoms with van der Waals surface area (Å²) in [7, 11) is 0. The number of nitrogens with zero attached hydrogens (tertiary/aromatic N) is 1. The van der Waals surface area contributed by atoms with Gasteiger partial charge in [0.25, 0.3) is 0 Å². The van der Waals surface area contributed by atoms with Crippen LogP contribution in [0.25, 0.3) is 0 Å². The number of carboxylic acid groups (broad SMARTS) is 1. The molecular formula is C11H12N2O2. The molecular weight excluding hydrogens is 192 g/mol. The van der Waals surface area contributed by atoms with Crippen molar-refractivity contribution in [1.82, 2.24) is 0 Å². The van der Waals surface area contributed by atoms with Crippen molar-refractivity contribution in [2.75, 3.05) is 11.9 Å². The first-order valence-corrected chi connectivity index (χ1v) is 4.60. The second-order valence-electron chi connectivity index (χ2n) is 3.31. The highest BCUT2D eigenvalue weighted by Gasteiger charge is 2.09. The molecule has 1 aromatic carbocycles. The molecule has 1 aromatic rings. The summed E-state index contributed by atoms with van der Waals surface area (Å²) in [5, 5.41) is 20.2. The maximum atomic E-state index is 10.5. The maximum absolute atomic E-state index is 10.5. The van der Waals surface area contributed by atoms with Crippen LogP contribution < -0.4 is 5.32 Å². The lowest BCUT2D eigenvalue weighted by Gasteiger charge is -2.09. The Bertz CT molecular complexity index is 379. The van der Waals surface area contributed by atoms with E-state index in [9.17, 15) is 4.79 Å². The van der Waals surface area contributed by atoms with Crippen LogP contribution in [0.3, 0.4) is 0 Å². The van der Waals surface area contributed by atoms with E-state index in [1.54, 1.807) is 31.2 Å². The Labute approximate surface area is 88.2 Å². The molecule has 0 amide bonds. The predicted octanol–water partition coefficient (Wildman–Crippen LogP) is 1.69. The highest BCUT2D eigenvalue weighted by atomic mass is 16.4. The molecule has 0 aliphatic carbocycles. The molecule has 1 unspecified atom stereocenters. The van der Waals surface area contributed by atoms with Crippen molar-refractivity contribution >= 4 is 11.7 Å². The van der Waals surface area contributed by atoms with Crippen LogP contribution in [0.4, 0.5) is 5.69 Å². The lowest BCUT2D eigenvalue weighted by Crippen LogP contribution is -2.19. The number of anilines is 1. The van der Waals surface area contributed by atoms with Gasteiger partial charge in [0.2, 0.25) is 0 Å². The third-order valence-electron chi connectivity index (χ3n) is 2.05. The number of hydrogen-bond donors (Lipinski definition) is 2. The van der Waals surface area contributed by atoms with Gasteiger partial charge in [-0.2, -0.15) is 5.26 Å². The zero-order valence-electron chi connectivity index (χ0n) is 8.40. The topological polar surface area (TPSA) is 73.1 Å². The monoisotopic (exact) mass is 204 g/mol. The second-order valence-corrected chi connectivity index (χ2v) is 3.31. The SMILES string of the molecule is CC(CNc1ccc(C#N)cc1)C(=O)O. The smallest absolute Gasteiger partial charge is 0.308 e. The molecule has 4 nitrogen and oxygen atoms in total. The minimum Gasteiger partial charge on any atom is -0.481 e. The average molecular weight is 204 g/mol. The van der Waals surface area contributed by atoms with Gasteiger partial charge in [-0.15, -0.1) is 0 Å². The lowest BCUT2D eigenvalue weighted by molar-refractivity contribution is -0.140. The van der Waals surface area contributed by atoms with E-state index in [2.05, 4.69) is 5.32 Å². The lowest BCUT2D eigenvalue weighted by atomic mass is 10.1. The van der Waals surface area contributed by atoms with Crippen molar-refractivity contribution in [3.8, 4) is 6.07 Å². The molecule has 0 bridgehead atoms. The highest BCUT2D eigenvalue weighted by molar-refractivity contribution is 5.70.